The highest BCUT2D eigenvalue weighted by Crippen LogP contribution is 2.07. The van der Waals surface area contributed by atoms with Crippen molar-refractivity contribution in [1.29, 1.82) is 0 Å². The fourth-order valence-corrected chi connectivity index (χ4v) is 1.29. The molecule has 0 aliphatic heterocycles. The average Bonchev–Trinajstić information content (AvgIpc) is 2.14. The van der Waals surface area contributed by atoms with Gasteiger partial charge in [-0.15, -0.1) is 0 Å². The lowest BCUT2D eigenvalue weighted by Crippen LogP contribution is -2.55. The molecule has 2 N–H and O–H groups in total. The first kappa shape index (κ1) is 15.3. The summed E-state index contributed by atoms with van der Waals surface area (Å²) < 4.78 is 5.31. The topological polar surface area (TPSA) is 89.8 Å². The third-order valence-electron chi connectivity index (χ3n) is 2.26. The molecule has 96 valence electrons. The van der Waals surface area contributed by atoms with Crippen molar-refractivity contribution in [3.63, 3.8) is 0 Å². The van der Waals surface area contributed by atoms with Crippen LogP contribution in [0.2, 0.25) is 0 Å². The smallest absolute Gasteiger partial charge is 0.131 e. The normalized spacial score (nSPS) is 15.8. The van der Waals surface area contributed by atoms with Gasteiger partial charge >= 0.3 is 0 Å². The molecule has 0 aromatic carbocycles. The maximum Gasteiger partial charge on any atom is 0.131 e. The molecule has 6 nitrogen and oxygen atoms in total. The van der Waals surface area contributed by atoms with Crippen LogP contribution in [0.25, 0.3) is 0 Å². The van der Waals surface area contributed by atoms with Crippen molar-refractivity contribution >= 4 is 5.97 Å². The number of aliphatic carboxylic acids is 1. The third kappa shape index (κ3) is 6.02. The molecule has 0 rings (SSSR count). The molecule has 0 aliphatic rings. The largest absolute Gasteiger partial charge is 0.544 e. The zero-order valence-corrected chi connectivity index (χ0v) is 10.0. The number of nitrogens with zero attached hydrogens (tertiary/aromatic N) is 1. The number of rotatable bonds is 8. The summed E-state index contributed by atoms with van der Waals surface area (Å²) in [6.45, 7) is -0.141. The molecule has 0 aromatic rings. The number of ether oxygens (including phenoxy) is 1. The van der Waals surface area contributed by atoms with Gasteiger partial charge in [-0.25, -0.2) is 0 Å². The number of aliphatic hydroxyl groups excluding tert-OH is 2. The lowest BCUT2D eigenvalue weighted by atomic mass is 10.1. The van der Waals surface area contributed by atoms with E-state index in [9.17, 15) is 9.90 Å². The molecule has 0 fully saturated rings. The van der Waals surface area contributed by atoms with Crippen molar-refractivity contribution in [2.45, 2.75) is 18.6 Å². The van der Waals surface area contributed by atoms with E-state index in [0.717, 1.165) is 0 Å². The van der Waals surface area contributed by atoms with E-state index in [1.165, 1.54) is 0 Å². The Morgan fingerprint density at radius 1 is 1.44 bits per heavy atom. The highest BCUT2D eigenvalue weighted by atomic mass is 16.5. The minimum atomic E-state index is -1.11. The van der Waals surface area contributed by atoms with Gasteiger partial charge in [0, 0.05) is 6.42 Å². The Hall–Kier alpha value is -0.690. The Kier molecular flexibility index (Phi) is 6.51. The molecule has 16 heavy (non-hydrogen) atoms. The average molecular weight is 235 g/mol. The van der Waals surface area contributed by atoms with Crippen LogP contribution >= 0.6 is 0 Å². The molecule has 0 heterocycles. The molecule has 0 bridgehead atoms. The summed E-state index contributed by atoms with van der Waals surface area (Å²) in [4.78, 5) is 10.9. The molecule has 0 spiro atoms. The number of carbonyl (C=O) groups excluding carboxylic acids is 1. The Morgan fingerprint density at radius 3 is 2.38 bits per heavy atom. The summed E-state index contributed by atoms with van der Waals surface area (Å²) in [5.41, 5.74) is 0. The van der Waals surface area contributed by atoms with E-state index < -0.39 is 18.1 Å². The summed E-state index contributed by atoms with van der Waals surface area (Å²) in [7, 11) is 5.30. The van der Waals surface area contributed by atoms with Crippen molar-refractivity contribution in [1.82, 2.24) is 0 Å². The van der Waals surface area contributed by atoms with Crippen molar-refractivity contribution in [2.75, 3.05) is 41.0 Å². The molecule has 2 atom stereocenters. The summed E-state index contributed by atoms with van der Waals surface area (Å²) in [6.07, 6.45) is -0.602. The molecule has 0 radical (unpaired) electrons. The van der Waals surface area contributed by atoms with Crippen LogP contribution in [0, 0.1) is 0 Å². The number of carboxylic acids is 1. The van der Waals surface area contributed by atoms with Gasteiger partial charge in [-0.2, -0.15) is 0 Å². The van der Waals surface area contributed by atoms with E-state index in [2.05, 4.69) is 0 Å². The van der Waals surface area contributed by atoms with Crippen LogP contribution in [0.4, 0.5) is 0 Å². The SMILES string of the molecule is C[N+](C)(C)[C@@H](CCOCC(O)CO)C(=O)[O-]. The van der Waals surface area contributed by atoms with Gasteiger partial charge in [-0.3, -0.25) is 0 Å². The van der Waals surface area contributed by atoms with Gasteiger partial charge in [0.05, 0.1) is 46.9 Å². The predicted molar refractivity (Wildman–Crippen MR) is 55.4 cm³/mol. The molecular weight excluding hydrogens is 214 g/mol. The second-order valence-electron chi connectivity index (χ2n) is 4.65. The molecule has 0 aromatic heterocycles. The lowest BCUT2D eigenvalue weighted by molar-refractivity contribution is -0.889. The van der Waals surface area contributed by atoms with Gasteiger partial charge < -0.3 is 29.3 Å². The number of likely N-dealkylation sites (N-methyl/N-ethyl adjacent to an activating group) is 1. The van der Waals surface area contributed by atoms with Gasteiger partial charge in [-0.1, -0.05) is 0 Å². The minimum Gasteiger partial charge on any atom is -0.544 e. The number of hydrogen-bond donors (Lipinski definition) is 2. The standard InChI is InChI=1S/C10H21NO5/c1-11(2,3)9(10(14)15)4-5-16-7-8(13)6-12/h8-9,12-13H,4-7H2,1-3H3/t8?,9-/m0/s1. The monoisotopic (exact) mass is 235 g/mol. The Balaban J connectivity index is 3.92. The fraction of sp³-hybridized carbons (Fsp3) is 0.900. The summed E-state index contributed by atoms with van der Waals surface area (Å²) >= 11 is 0. The van der Waals surface area contributed by atoms with Crippen molar-refractivity contribution in [2.24, 2.45) is 0 Å². The van der Waals surface area contributed by atoms with Crippen molar-refractivity contribution in [3.05, 3.63) is 0 Å². The number of aliphatic hydroxyl groups is 2. The minimum absolute atomic E-state index is 0.00735. The van der Waals surface area contributed by atoms with Crippen LogP contribution in [0.15, 0.2) is 0 Å². The molecule has 1 unspecified atom stereocenters. The first-order valence-electron chi connectivity index (χ1n) is 5.17. The van der Waals surface area contributed by atoms with Gasteiger partial charge in [0.25, 0.3) is 0 Å². The number of quaternary nitrogens is 1. The molecule has 0 saturated heterocycles. The highest BCUT2D eigenvalue weighted by Gasteiger charge is 2.24. The van der Waals surface area contributed by atoms with Crippen LogP contribution in [-0.4, -0.2) is 73.8 Å². The van der Waals surface area contributed by atoms with E-state index >= 15 is 0 Å². The molecule has 6 heteroatoms. The van der Waals surface area contributed by atoms with Gasteiger partial charge in [0.15, 0.2) is 0 Å². The number of carboxylic acid groups (broad SMARTS) is 1. The van der Waals surface area contributed by atoms with Crippen LogP contribution < -0.4 is 5.11 Å². The van der Waals surface area contributed by atoms with Gasteiger partial charge in [-0.05, 0) is 0 Å². The Bertz CT molecular complexity index is 214. The molecule has 0 amide bonds. The van der Waals surface area contributed by atoms with Crippen LogP contribution in [-0.2, 0) is 9.53 Å². The zero-order chi connectivity index (χ0) is 12.8. The van der Waals surface area contributed by atoms with Gasteiger partial charge in [0.2, 0.25) is 0 Å². The van der Waals surface area contributed by atoms with E-state index in [0.29, 0.717) is 6.42 Å². The molecule has 0 aliphatic carbocycles. The van der Waals surface area contributed by atoms with Crippen molar-refractivity contribution in [3.8, 4) is 0 Å². The maximum atomic E-state index is 10.9. The number of carbonyl (C=O) groups is 1. The first-order valence-corrected chi connectivity index (χ1v) is 5.17. The van der Waals surface area contributed by atoms with Crippen LogP contribution in [0.3, 0.4) is 0 Å². The Labute approximate surface area is 95.7 Å². The van der Waals surface area contributed by atoms with Crippen molar-refractivity contribution < 1.29 is 29.3 Å². The van der Waals surface area contributed by atoms with Crippen LogP contribution in [0.1, 0.15) is 6.42 Å². The summed E-state index contributed by atoms with van der Waals surface area (Å²) in [5.74, 6) is -1.11. The second-order valence-corrected chi connectivity index (χ2v) is 4.65. The summed E-state index contributed by atoms with van der Waals surface area (Å²) in [6, 6.07) is -0.647. The van der Waals surface area contributed by atoms with Crippen LogP contribution in [0.5, 0.6) is 0 Å². The highest BCUT2D eigenvalue weighted by molar-refractivity contribution is 5.69. The predicted octanol–water partition coefficient (Wildman–Crippen LogP) is -2.43. The second kappa shape index (κ2) is 6.80. The molecule has 0 saturated carbocycles. The first-order chi connectivity index (χ1) is 7.29. The quantitative estimate of drug-likeness (QED) is 0.361. The van der Waals surface area contributed by atoms with E-state index in [4.69, 9.17) is 14.9 Å². The lowest BCUT2D eigenvalue weighted by Gasteiger charge is -2.34. The summed E-state index contributed by atoms with van der Waals surface area (Å²) in [5, 5.41) is 28.4. The van der Waals surface area contributed by atoms with Gasteiger partial charge in [0.1, 0.15) is 12.1 Å². The fourth-order valence-electron chi connectivity index (χ4n) is 1.29. The third-order valence-corrected chi connectivity index (χ3v) is 2.26. The van der Waals surface area contributed by atoms with E-state index in [-0.39, 0.29) is 24.3 Å². The number of hydrogen-bond acceptors (Lipinski definition) is 5. The van der Waals surface area contributed by atoms with E-state index in [1.54, 1.807) is 21.1 Å². The Morgan fingerprint density at radius 2 is 2.00 bits per heavy atom. The maximum absolute atomic E-state index is 10.9. The zero-order valence-electron chi connectivity index (χ0n) is 10.0. The van der Waals surface area contributed by atoms with E-state index in [1.807, 2.05) is 0 Å². The molecular formula is C10H21NO5.